The summed E-state index contributed by atoms with van der Waals surface area (Å²) >= 11 is 6.03. The van der Waals surface area contributed by atoms with Gasteiger partial charge in [0.2, 0.25) is 0 Å². The predicted molar refractivity (Wildman–Crippen MR) is 81.1 cm³/mol. The van der Waals surface area contributed by atoms with E-state index in [1.54, 1.807) is 0 Å². The molecule has 0 unspecified atom stereocenters. The fourth-order valence-electron chi connectivity index (χ4n) is 2.63. The van der Waals surface area contributed by atoms with Gasteiger partial charge >= 0.3 is 6.18 Å². The molecule has 0 radical (unpaired) electrons. The Morgan fingerprint density at radius 2 is 1.86 bits per heavy atom. The molecule has 8 heteroatoms. The summed E-state index contributed by atoms with van der Waals surface area (Å²) in [6, 6.07) is 3.56. The molecule has 2 nitrogen and oxygen atoms in total. The van der Waals surface area contributed by atoms with E-state index in [1.807, 2.05) is 4.90 Å². The molecule has 1 heterocycles. The van der Waals surface area contributed by atoms with Crippen molar-refractivity contribution in [3.63, 3.8) is 0 Å². The summed E-state index contributed by atoms with van der Waals surface area (Å²) in [7, 11) is 0. The van der Waals surface area contributed by atoms with Gasteiger partial charge in [0.25, 0.3) is 0 Å². The average Bonchev–Trinajstić information content (AvgIpc) is 2.42. The standard InChI is InChI=1S/C14H17ClF4N2.ClH/c15-10-2-1-3-11(16)13(10)12(4-5-14(17,18)19)21-8-6-20-7-9-21;/h1-3,12,20H,4-9H2;1H/t12-;/m1./s1. The zero-order chi connectivity index (χ0) is 15.5. The lowest BCUT2D eigenvalue weighted by molar-refractivity contribution is -0.138. The van der Waals surface area contributed by atoms with Gasteiger partial charge in [-0.25, -0.2) is 4.39 Å². The van der Waals surface area contributed by atoms with Crippen LogP contribution in [0.2, 0.25) is 5.02 Å². The van der Waals surface area contributed by atoms with Gasteiger partial charge < -0.3 is 5.32 Å². The predicted octanol–water partition coefficient (Wildman–Crippen LogP) is 4.19. The molecule has 126 valence electrons. The molecule has 0 spiro atoms. The third-order valence-electron chi connectivity index (χ3n) is 3.63. The SMILES string of the molecule is Cl.Fc1cccc(Cl)c1[C@@H](CCC(F)(F)F)N1CCNCC1. The minimum atomic E-state index is -4.26. The largest absolute Gasteiger partial charge is 0.389 e. The molecule has 22 heavy (non-hydrogen) atoms. The lowest BCUT2D eigenvalue weighted by Crippen LogP contribution is -2.45. The Labute approximate surface area is 138 Å². The molecule has 1 aromatic rings. The molecule has 1 aliphatic heterocycles. The number of piperazine rings is 1. The van der Waals surface area contributed by atoms with Crippen molar-refractivity contribution in [1.82, 2.24) is 10.2 Å². The number of hydrogen-bond donors (Lipinski definition) is 1. The van der Waals surface area contributed by atoms with E-state index in [-0.39, 0.29) is 29.4 Å². The van der Waals surface area contributed by atoms with Crippen molar-refractivity contribution in [2.75, 3.05) is 26.2 Å². The van der Waals surface area contributed by atoms with E-state index in [4.69, 9.17) is 11.6 Å². The Bertz CT molecular complexity index is 456. The number of hydrogen-bond acceptors (Lipinski definition) is 2. The van der Waals surface area contributed by atoms with E-state index in [0.717, 1.165) is 0 Å². The van der Waals surface area contributed by atoms with Crippen molar-refractivity contribution in [3.05, 3.63) is 34.6 Å². The van der Waals surface area contributed by atoms with E-state index in [9.17, 15) is 17.6 Å². The van der Waals surface area contributed by atoms with Crippen LogP contribution in [0.1, 0.15) is 24.4 Å². The van der Waals surface area contributed by atoms with Crippen LogP contribution in [-0.2, 0) is 0 Å². The Kier molecular flexibility index (Phi) is 7.38. The molecular formula is C14H18Cl2F4N2. The number of alkyl halides is 3. The Hall–Kier alpha value is -0.560. The molecule has 0 aliphatic carbocycles. The second-order valence-corrected chi connectivity index (χ2v) is 5.50. The Morgan fingerprint density at radius 3 is 2.41 bits per heavy atom. The highest BCUT2D eigenvalue weighted by Gasteiger charge is 2.33. The summed E-state index contributed by atoms with van der Waals surface area (Å²) in [5.74, 6) is -0.548. The fraction of sp³-hybridized carbons (Fsp3) is 0.571. The molecule has 1 fully saturated rings. The van der Waals surface area contributed by atoms with Crippen LogP contribution in [0.25, 0.3) is 0 Å². The normalized spacial score (nSPS) is 17.9. The summed E-state index contributed by atoms with van der Waals surface area (Å²) in [5.41, 5.74) is 0.172. The number of benzene rings is 1. The van der Waals surface area contributed by atoms with Crippen LogP contribution >= 0.6 is 24.0 Å². The van der Waals surface area contributed by atoms with Gasteiger partial charge in [-0.05, 0) is 18.6 Å². The van der Waals surface area contributed by atoms with Gasteiger partial charge in [0.1, 0.15) is 5.82 Å². The first kappa shape index (κ1) is 19.5. The summed E-state index contributed by atoms with van der Waals surface area (Å²) in [5, 5.41) is 3.31. The molecule has 1 aromatic carbocycles. The summed E-state index contributed by atoms with van der Waals surface area (Å²) < 4.78 is 51.7. The second-order valence-electron chi connectivity index (χ2n) is 5.09. The summed E-state index contributed by atoms with van der Waals surface area (Å²) in [4.78, 5) is 1.87. The Morgan fingerprint density at radius 1 is 1.23 bits per heavy atom. The minimum absolute atomic E-state index is 0. The van der Waals surface area contributed by atoms with Crippen LogP contribution in [0, 0.1) is 5.82 Å². The third-order valence-corrected chi connectivity index (χ3v) is 3.96. The van der Waals surface area contributed by atoms with Crippen LogP contribution in [-0.4, -0.2) is 37.3 Å². The first-order chi connectivity index (χ1) is 9.88. The van der Waals surface area contributed by atoms with Crippen LogP contribution < -0.4 is 5.32 Å². The molecule has 1 saturated heterocycles. The van der Waals surface area contributed by atoms with Crippen molar-refractivity contribution < 1.29 is 17.6 Å². The van der Waals surface area contributed by atoms with Crippen molar-refractivity contribution in [2.24, 2.45) is 0 Å². The number of nitrogens with one attached hydrogen (secondary N) is 1. The van der Waals surface area contributed by atoms with Crippen LogP contribution in [0.3, 0.4) is 0 Å². The highest BCUT2D eigenvalue weighted by Crippen LogP contribution is 2.36. The number of nitrogens with zero attached hydrogens (tertiary/aromatic N) is 1. The molecule has 1 N–H and O–H groups in total. The third kappa shape index (κ3) is 5.26. The lowest BCUT2D eigenvalue weighted by atomic mass is 9.98. The number of rotatable bonds is 4. The molecule has 0 aromatic heterocycles. The molecule has 1 aliphatic rings. The first-order valence-electron chi connectivity index (χ1n) is 6.84. The zero-order valence-corrected chi connectivity index (χ0v) is 13.4. The van der Waals surface area contributed by atoms with E-state index in [1.165, 1.54) is 18.2 Å². The van der Waals surface area contributed by atoms with E-state index in [2.05, 4.69) is 5.32 Å². The average molecular weight is 361 g/mol. The maximum atomic E-state index is 14.1. The summed E-state index contributed by atoms with van der Waals surface area (Å²) in [6.07, 6.45) is -5.40. The first-order valence-corrected chi connectivity index (χ1v) is 7.22. The van der Waals surface area contributed by atoms with Crippen molar-refractivity contribution in [2.45, 2.75) is 25.1 Å². The summed E-state index contributed by atoms with van der Waals surface area (Å²) in [6.45, 7) is 2.50. The molecule has 1 atom stereocenters. The molecule has 0 bridgehead atoms. The second kappa shape index (κ2) is 8.34. The zero-order valence-electron chi connectivity index (χ0n) is 11.8. The van der Waals surface area contributed by atoms with Crippen LogP contribution in [0.5, 0.6) is 0 Å². The van der Waals surface area contributed by atoms with Gasteiger partial charge in [-0.1, -0.05) is 17.7 Å². The van der Waals surface area contributed by atoms with Crippen LogP contribution in [0.4, 0.5) is 17.6 Å². The molecule has 2 rings (SSSR count). The van der Waals surface area contributed by atoms with Crippen molar-refractivity contribution in [3.8, 4) is 0 Å². The fourth-order valence-corrected chi connectivity index (χ4v) is 2.92. The highest BCUT2D eigenvalue weighted by atomic mass is 35.5. The van der Waals surface area contributed by atoms with Gasteiger partial charge in [-0.2, -0.15) is 13.2 Å². The van der Waals surface area contributed by atoms with E-state index < -0.39 is 24.5 Å². The minimum Gasteiger partial charge on any atom is -0.314 e. The molecule has 0 saturated carbocycles. The van der Waals surface area contributed by atoms with Gasteiger partial charge in [-0.3, -0.25) is 4.90 Å². The van der Waals surface area contributed by atoms with Gasteiger partial charge in [0.05, 0.1) is 0 Å². The quantitative estimate of drug-likeness (QED) is 0.809. The van der Waals surface area contributed by atoms with Gasteiger partial charge in [0, 0.05) is 49.2 Å². The van der Waals surface area contributed by atoms with Crippen molar-refractivity contribution in [1.29, 1.82) is 0 Å². The molecule has 0 amide bonds. The topological polar surface area (TPSA) is 15.3 Å². The highest BCUT2D eigenvalue weighted by molar-refractivity contribution is 6.31. The monoisotopic (exact) mass is 360 g/mol. The van der Waals surface area contributed by atoms with Crippen molar-refractivity contribution >= 4 is 24.0 Å². The van der Waals surface area contributed by atoms with Crippen LogP contribution in [0.15, 0.2) is 18.2 Å². The van der Waals surface area contributed by atoms with Gasteiger partial charge in [-0.15, -0.1) is 12.4 Å². The maximum Gasteiger partial charge on any atom is 0.389 e. The molecular weight excluding hydrogens is 343 g/mol. The lowest BCUT2D eigenvalue weighted by Gasteiger charge is -2.36. The Balaban J connectivity index is 0.00000242. The number of halogens is 6. The maximum absolute atomic E-state index is 14.1. The van der Waals surface area contributed by atoms with E-state index in [0.29, 0.717) is 26.2 Å². The van der Waals surface area contributed by atoms with Gasteiger partial charge in [0.15, 0.2) is 0 Å². The van der Waals surface area contributed by atoms with E-state index >= 15 is 0 Å². The smallest absolute Gasteiger partial charge is 0.314 e.